The maximum atomic E-state index is 13.4. The molecule has 0 saturated carbocycles. The first-order valence-corrected chi connectivity index (χ1v) is 11.0. The molecule has 4 rings (SSSR count). The number of benzene rings is 2. The van der Waals surface area contributed by atoms with Gasteiger partial charge in [0.2, 0.25) is 0 Å². The number of fused-ring (bicyclic) bond motifs is 1. The van der Waals surface area contributed by atoms with E-state index in [1.165, 1.54) is 18.8 Å². The van der Waals surface area contributed by atoms with E-state index in [0.29, 0.717) is 31.8 Å². The molecule has 8 nitrogen and oxygen atoms in total. The number of thiazole rings is 1. The summed E-state index contributed by atoms with van der Waals surface area (Å²) in [5.41, 5.74) is 7.36. The second-order valence-corrected chi connectivity index (χ2v) is 8.32. The number of hydrogen-bond donors (Lipinski definition) is 1. The molecule has 34 heavy (non-hydrogen) atoms. The molecule has 0 spiro atoms. The molecule has 1 aromatic heterocycles. The van der Waals surface area contributed by atoms with Crippen LogP contribution >= 0.6 is 11.3 Å². The third-order valence-electron chi connectivity index (χ3n) is 5.55. The van der Waals surface area contributed by atoms with Crippen molar-refractivity contribution in [1.82, 2.24) is 4.57 Å². The van der Waals surface area contributed by atoms with E-state index in [1.54, 1.807) is 43.5 Å². The van der Waals surface area contributed by atoms with Crippen LogP contribution < -0.4 is 30.0 Å². The molecule has 0 aliphatic carbocycles. The summed E-state index contributed by atoms with van der Waals surface area (Å²) in [5.74, 6) is -0.520. The molecule has 3 aromatic rings. The van der Waals surface area contributed by atoms with Gasteiger partial charge >= 0.3 is 5.97 Å². The Labute approximate surface area is 199 Å². The fourth-order valence-electron chi connectivity index (χ4n) is 4.00. The number of aromatic nitrogens is 1. The van der Waals surface area contributed by atoms with E-state index < -0.39 is 17.4 Å². The van der Waals surface area contributed by atoms with Crippen LogP contribution in [-0.2, 0) is 9.53 Å². The standard InChI is InChI=1S/C25H21N3O5S/c1-31-17-10-6-4-8-14(17)12-19-23(29)28-22(27)16(13-26)20(15-9-5-7-11-18(15)32-2)21(24(28)34-19)25(30)33-3/h4-12,20H,27H2,1-3H3/b19-12-/t20-/m1/s1. The minimum atomic E-state index is -0.870. The Morgan fingerprint density at radius 1 is 1.09 bits per heavy atom. The lowest BCUT2D eigenvalue weighted by molar-refractivity contribution is -0.134. The number of rotatable bonds is 5. The highest BCUT2D eigenvalue weighted by atomic mass is 32.1. The van der Waals surface area contributed by atoms with Gasteiger partial charge in [0, 0.05) is 11.1 Å². The quantitative estimate of drug-likeness (QED) is 0.556. The van der Waals surface area contributed by atoms with Gasteiger partial charge in [-0.25, -0.2) is 4.79 Å². The van der Waals surface area contributed by atoms with E-state index in [2.05, 4.69) is 6.07 Å². The van der Waals surface area contributed by atoms with Gasteiger partial charge in [0.25, 0.3) is 5.56 Å². The molecular weight excluding hydrogens is 454 g/mol. The van der Waals surface area contributed by atoms with E-state index in [-0.39, 0.29) is 17.0 Å². The summed E-state index contributed by atoms with van der Waals surface area (Å²) in [4.78, 5) is 26.4. The number of methoxy groups -OCH3 is 3. The van der Waals surface area contributed by atoms with Crippen LogP contribution in [0.2, 0.25) is 0 Å². The van der Waals surface area contributed by atoms with Crippen molar-refractivity contribution in [2.24, 2.45) is 5.73 Å². The summed E-state index contributed by atoms with van der Waals surface area (Å²) in [6, 6.07) is 16.4. The van der Waals surface area contributed by atoms with Crippen molar-refractivity contribution in [2.45, 2.75) is 5.92 Å². The lowest BCUT2D eigenvalue weighted by Crippen LogP contribution is -2.40. The largest absolute Gasteiger partial charge is 0.496 e. The summed E-state index contributed by atoms with van der Waals surface area (Å²) in [5, 5.41) is 10.0. The van der Waals surface area contributed by atoms with Crippen LogP contribution in [0.3, 0.4) is 0 Å². The number of allylic oxidation sites excluding steroid dienone is 1. The van der Waals surface area contributed by atoms with E-state index in [4.69, 9.17) is 19.9 Å². The van der Waals surface area contributed by atoms with Gasteiger partial charge < -0.3 is 19.9 Å². The van der Waals surface area contributed by atoms with Crippen LogP contribution in [0, 0.1) is 11.3 Å². The van der Waals surface area contributed by atoms with Crippen molar-refractivity contribution in [1.29, 1.82) is 5.26 Å². The lowest BCUT2D eigenvalue weighted by atomic mass is 9.83. The fraction of sp³-hybridized carbons (Fsp3) is 0.160. The van der Waals surface area contributed by atoms with Gasteiger partial charge in [0.1, 0.15) is 22.0 Å². The lowest BCUT2D eigenvalue weighted by Gasteiger charge is -2.25. The first kappa shape index (κ1) is 22.9. The van der Waals surface area contributed by atoms with E-state index in [0.717, 1.165) is 11.3 Å². The molecule has 0 amide bonds. The van der Waals surface area contributed by atoms with Crippen LogP contribution in [-0.4, -0.2) is 31.9 Å². The Kier molecular flexibility index (Phi) is 6.25. The average Bonchev–Trinajstić information content (AvgIpc) is 3.19. The maximum Gasteiger partial charge on any atom is 0.337 e. The summed E-state index contributed by atoms with van der Waals surface area (Å²) < 4.78 is 17.8. The Bertz CT molecular complexity index is 1540. The predicted octanol–water partition coefficient (Wildman–Crippen LogP) is 1.53. The molecule has 0 fully saturated rings. The SMILES string of the molecule is COC(=O)C1=c2s/c(=C\c3ccccc3OC)c(=O)n2C(N)=C(C#N)[C@H]1c1ccccc1OC. The highest BCUT2D eigenvalue weighted by molar-refractivity contribution is 7.07. The minimum absolute atomic E-state index is 0.0398. The van der Waals surface area contributed by atoms with Crippen LogP contribution in [0.15, 0.2) is 58.9 Å². The summed E-state index contributed by atoms with van der Waals surface area (Å²) in [7, 11) is 4.29. The number of nitrogens with two attached hydrogens (primary N) is 1. The number of nitriles is 1. The molecule has 2 N–H and O–H groups in total. The molecule has 1 atom stereocenters. The third kappa shape index (κ3) is 3.64. The van der Waals surface area contributed by atoms with Gasteiger partial charge in [-0.1, -0.05) is 36.4 Å². The molecule has 172 valence electrons. The Morgan fingerprint density at radius 2 is 1.74 bits per heavy atom. The maximum absolute atomic E-state index is 13.4. The van der Waals surface area contributed by atoms with Crippen molar-refractivity contribution in [3.63, 3.8) is 0 Å². The number of para-hydroxylation sites is 2. The molecule has 0 radical (unpaired) electrons. The van der Waals surface area contributed by atoms with Gasteiger partial charge in [0.05, 0.1) is 49.0 Å². The topological polar surface area (TPSA) is 117 Å². The first-order chi connectivity index (χ1) is 16.5. The average molecular weight is 476 g/mol. The smallest absolute Gasteiger partial charge is 0.337 e. The second kappa shape index (κ2) is 9.29. The van der Waals surface area contributed by atoms with E-state index in [1.807, 2.05) is 18.2 Å². The van der Waals surface area contributed by atoms with Crippen molar-refractivity contribution in [3.05, 3.63) is 84.8 Å². The highest BCUT2D eigenvalue weighted by Crippen LogP contribution is 2.40. The van der Waals surface area contributed by atoms with E-state index in [9.17, 15) is 14.9 Å². The number of esters is 1. The zero-order valence-electron chi connectivity index (χ0n) is 18.7. The normalized spacial score (nSPS) is 15.5. The van der Waals surface area contributed by atoms with Crippen LogP contribution in [0.25, 0.3) is 17.5 Å². The number of ether oxygens (including phenoxy) is 3. The number of nitrogens with zero attached hydrogens (tertiary/aromatic N) is 2. The minimum Gasteiger partial charge on any atom is -0.496 e. The predicted molar refractivity (Wildman–Crippen MR) is 129 cm³/mol. The van der Waals surface area contributed by atoms with Crippen LogP contribution in [0.5, 0.6) is 11.5 Å². The number of carbonyl (C=O) groups excluding carboxylic acids is 1. The van der Waals surface area contributed by atoms with Crippen molar-refractivity contribution in [2.75, 3.05) is 21.3 Å². The first-order valence-electron chi connectivity index (χ1n) is 10.2. The Morgan fingerprint density at radius 3 is 2.38 bits per heavy atom. The summed E-state index contributed by atoms with van der Waals surface area (Å²) in [6.45, 7) is 0. The molecular formula is C25H21N3O5S. The molecule has 1 aliphatic heterocycles. The zero-order valence-corrected chi connectivity index (χ0v) is 19.5. The van der Waals surface area contributed by atoms with Gasteiger partial charge in [-0.2, -0.15) is 5.26 Å². The van der Waals surface area contributed by atoms with Crippen LogP contribution in [0.4, 0.5) is 0 Å². The molecule has 2 aromatic carbocycles. The summed E-state index contributed by atoms with van der Waals surface area (Å²) >= 11 is 1.09. The molecule has 9 heteroatoms. The van der Waals surface area contributed by atoms with Crippen molar-refractivity contribution >= 4 is 34.8 Å². The van der Waals surface area contributed by atoms with Gasteiger partial charge in [-0.05, 0) is 18.2 Å². The summed E-state index contributed by atoms with van der Waals surface area (Å²) in [6.07, 6.45) is 1.67. The molecule has 0 unspecified atom stereocenters. The zero-order chi connectivity index (χ0) is 24.4. The second-order valence-electron chi connectivity index (χ2n) is 7.29. The fourth-order valence-corrected chi connectivity index (χ4v) is 5.15. The Balaban J connectivity index is 2.13. The molecule has 2 heterocycles. The molecule has 0 bridgehead atoms. The van der Waals surface area contributed by atoms with Crippen molar-refractivity contribution < 1.29 is 19.0 Å². The number of carbonyl (C=O) groups is 1. The van der Waals surface area contributed by atoms with E-state index >= 15 is 0 Å². The monoisotopic (exact) mass is 475 g/mol. The highest BCUT2D eigenvalue weighted by Gasteiger charge is 2.37. The van der Waals surface area contributed by atoms with Crippen LogP contribution in [0.1, 0.15) is 17.0 Å². The third-order valence-corrected chi connectivity index (χ3v) is 6.66. The van der Waals surface area contributed by atoms with Gasteiger partial charge in [0.15, 0.2) is 0 Å². The van der Waals surface area contributed by atoms with Crippen molar-refractivity contribution in [3.8, 4) is 17.6 Å². The molecule has 1 aliphatic rings. The Hall–Kier alpha value is -4.29. The van der Waals surface area contributed by atoms with Gasteiger partial charge in [-0.3, -0.25) is 9.36 Å². The number of hydrogen-bond acceptors (Lipinski definition) is 8. The van der Waals surface area contributed by atoms with Gasteiger partial charge in [-0.15, -0.1) is 11.3 Å². The molecule has 0 saturated heterocycles.